The van der Waals surface area contributed by atoms with Gasteiger partial charge in [-0.2, -0.15) is 4.31 Å². The highest BCUT2D eigenvalue weighted by Gasteiger charge is 2.28. The Morgan fingerprint density at radius 3 is 2.10 bits per heavy atom. The van der Waals surface area contributed by atoms with Gasteiger partial charge in [0.25, 0.3) is 0 Å². The fraction of sp³-hybridized carbons (Fsp3) is 0.462. The normalized spacial score (nSPS) is 17.2. The van der Waals surface area contributed by atoms with E-state index in [0.717, 1.165) is 4.90 Å². The Bertz CT molecular complexity index is 576. The molecule has 0 atom stereocenters. The molecule has 1 saturated heterocycles. The molecule has 5 nitrogen and oxygen atoms in total. The molecule has 1 aliphatic rings. The molecule has 1 heterocycles. The summed E-state index contributed by atoms with van der Waals surface area (Å²) in [4.78, 5) is 14.3. The van der Waals surface area contributed by atoms with Crippen LogP contribution in [0.3, 0.4) is 0 Å². The van der Waals surface area contributed by atoms with Gasteiger partial charge in [-0.25, -0.2) is 8.42 Å². The van der Waals surface area contributed by atoms with Crippen LogP contribution in [0.5, 0.6) is 0 Å². The second-order valence-corrected chi connectivity index (χ2v) is 7.40. The number of rotatable bonds is 3. The summed E-state index contributed by atoms with van der Waals surface area (Å²) in [6.07, 6.45) is 1.95. The molecule has 0 saturated carbocycles. The van der Waals surface area contributed by atoms with Gasteiger partial charge in [-0.1, -0.05) is 0 Å². The topological polar surface area (TPSA) is 57.7 Å². The molecule has 1 aromatic carbocycles. The molecule has 1 amide bonds. The molecule has 7 heteroatoms. The number of amides is 1. The number of carbonyl (C=O) groups excluding carboxylic acids is 1. The van der Waals surface area contributed by atoms with Gasteiger partial charge in [-0.05, 0) is 30.5 Å². The van der Waals surface area contributed by atoms with Crippen molar-refractivity contribution in [3.63, 3.8) is 0 Å². The second-order valence-electron chi connectivity index (χ2n) is 4.59. The summed E-state index contributed by atoms with van der Waals surface area (Å²) in [6, 6.07) is 6.89. The van der Waals surface area contributed by atoms with Gasteiger partial charge in [0, 0.05) is 38.0 Å². The molecule has 1 aromatic rings. The Hall–Kier alpha value is -1.05. The first-order chi connectivity index (χ1) is 9.45. The van der Waals surface area contributed by atoms with E-state index in [1.807, 2.05) is 18.4 Å². The monoisotopic (exact) mass is 314 g/mol. The van der Waals surface area contributed by atoms with Crippen molar-refractivity contribution in [1.29, 1.82) is 0 Å². The summed E-state index contributed by atoms with van der Waals surface area (Å²) < 4.78 is 26.4. The van der Waals surface area contributed by atoms with Gasteiger partial charge in [-0.15, -0.1) is 11.8 Å². The molecule has 2 rings (SSSR count). The molecule has 0 unspecified atom stereocenters. The van der Waals surface area contributed by atoms with Crippen molar-refractivity contribution in [1.82, 2.24) is 9.21 Å². The van der Waals surface area contributed by atoms with E-state index >= 15 is 0 Å². The third kappa shape index (κ3) is 3.16. The lowest BCUT2D eigenvalue weighted by Crippen LogP contribution is -2.49. The minimum absolute atomic E-state index is 0.00799. The maximum atomic E-state index is 12.5. The van der Waals surface area contributed by atoms with Gasteiger partial charge in [0.1, 0.15) is 0 Å². The zero-order chi connectivity index (χ0) is 14.8. The van der Waals surface area contributed by atoms with Gasteiger partial charge >= 0.3 is 0 Å². The van der Waals surface area contributed by atoms with Gasteiger partial charge in [0.15, 0.2) is 0 Å². The number of benzene rings is 1. The number of sulfonamides is 1. The molecular weight excluding hydrogens is 296 g/mol. The zero-order valence-corrected chi connectivity index (χ0v) is 13.2. The molecular formula is C13H18N2O3S2. The van der Waals surface area contributed by atoms with Crippen molar-refractivity contribution in [2.75, 3.05) is 32.4 Å². The number of hydrogen-bond acceptors (Lipinski definition) is 4. The number of hydrogen-bond donors (Lipinski definition) is 0. The molecule has 0 N–H and O–H groups in total. The van der Waals surface area contributed by atoms with Crippen molar-refractivity contribution >= 4 is 27.7 Å². The van der Waals surface area contributed by atoms with Gasteiger partial charge in [-0.3, -0.25) is 4.79 Å². The highest BCUT2D eigenvalue weighted by molar-refractivity contribution is 7.98. The third-order valence-corrected chi connectivity index (χ3v) is 6.04. The Balaban J connectivity index is 2.13. The maximum Gasteiger partial charge on any atom is 0.243 e. The summed E-state index contributed by atoms with van der Waals surface area (Å²) in [5.74, 6) is -0.00799. The zero-order valence-electron chi connectivity index (χ0n) is 11.6. The summed E-state index contributed by atoms with van der Waals surface area (Å²) in [6.45, 7) is 3.12. The fourth-order valence-corrected chi connectivity index (χ4v) is 3.97. The maximum absolute atomic E-state index is 12.5. The van der Waals surface area contributed by atoms with Crippen LogP contribution in [0, 0.1) is 0 Å². The largest absolute Gasteiger partial charge is 0.340 e. The van der Waals surface area contributed by atoms with Gasteiger partial charge in [0.2, 0.25) is 15.9 Å². The first kappa shape index (κ1) is 15.3. The standard InChI is InChI=1S/C13H18N2O3S2/c1-11(16)14-7-9-15(10-8-14)20(17,18)13-5-3-12(19-2)4-6-13/h3-6H,7-10H2,1-2H3. The van der Waals surface area contributed by atoms with Gasteiger partial charge in [0.05, 0.1) is 4.90 Å². The average Bonchev–Trinajstić information content (AvgIpc) is 2.47. The molecule has 0 aromatic heterocycles. The fourth-order valence-electron chi connectivity index (χ4n) is 2.14. The molecule has 20 heavy (non-hydrogen) atoms. The van der Waals surface area contributed by atoms with Crippen LogP contribution in [0.2, 0.25) is 0 Å². The summed E-state index contributed by atoms with van der Waals surface area (Å²) >= 11 is 1.57. The molecule has 1 aliphatic heterocycles. The summed E-state index contributed by atoms with van der Waals surface area (Å²) in [5, 5.41) is 0. The predicted octanol–water partition coefficient (Wildman–Crippen LogP) is 1.26. The smallest absolute Gasteiger partial charge is 0.243 e. The van der Waals surface area contributed by atoms with E-state index in [1.54, 1.807) is 28.8 Å². The number of piperazine rings is 1. The first-order valence-electron chi connectivity index (χ1n) is 6.35. The van der Waals surface area contributed by atoms with Crippen molar-refractivity contribution in [2.24, 2.45) is 0 Å². The average molecular weight is 314 g/mol. The quantitative estimate of drug-likeness (QED) is 0.788. The van der Waals surface area contributed by atoms with Crippen LogP contribution in [0.25, 0.3) is 0 Å². The minimum Gasteiger partial charge on any atom is -0.340 e. The lowest BCUT2D eigenvalue weighted by molar-refractivity contribution is -0.129. The van der Waals surface area contributed by atoms with E-state index in [1.165, 1.54) is 11.2 Å². The predicted molar refractivity (Wildman–Crippen MR) is 79.2 cm³/mol. The van der Waals surface area contributed by atoms with Crippen LogP contribution in [0.4, 0.5) is 0 Å². The third-order valence-electron chi connectivity index (χ3n) is 3.38. The lowest BCUT2D eigenvalue weighted by Gasteiger charge is -2.33. The Morgan fingerprint density at radius 1 is 1.10 bits per heavy atom. The minimum atomic E-state index is -3.45. The van der Waals surface area contributed by atoms with Crippen molar-refractivity contribution in [3.05, 3.63) is 24.3 Å². The molecule has 110 valence electrons. The second kappa shape index (κ2) is 6.15. The molecule has 0 radical (unpaired) electrons. The van der Waals surface area contributed by atoms with Crippen LogP contribution in [0.15, 0.2) is 34.1 Å². The van der Waals surface area contributed by atoms with E-state index in [9.17, 15) is 13.2 Å². The molecule has 0 aliphatic carbocycles. The summed E-state index contributed by atoms with van der Waals surface area (Å²) in [5.41, 5.74) is 0. The van der Waals surface area contributed by atoms with Crippen molar-refractivity contribution in [3.8, 4) is 0 Å². The number of carbonyl (C=O) groups is 1. The molecule has 0 spiro atoms. The van der Waals surface area contributed by atoms with E-state index in [0.29, 0.717) is 31.1 Å². The first-order valence-corrected chi connectivity index (χ1v) is 9.01. The highest BCUT2D eigenvalue weighted by Crippen LogP contribution is 2.21. The Morgan fingerprint density at radius 2 is 1.65 bits per heavy atom. The lowest BCUT2D eigenvalue weighted by atomic mass is 10.3. The van der Waals surface area contributed by atoms with Crippen LogP contribution >= 0.6 is 11.8 Å². The van der Waals surface area contributed by atoms with E-state index in [4.69, 9.17) is 0 Å². The Labute approximate surface area is 124 Å². The SMILES string of the molecule is CSc1ccc(S(=O)(=O)N2CCN(C(C)=O)CC2)cc1. The van der Waals surface area contributed by atoms with E-state index in [-0.39, 0.29) is 5.91 Å². The molecule has 0 bridgehead atoms. The summed E-state index contributed by atoms with van der Waals surface area (Å²) in [7, 11) is -3.45. The van der Waals surface area contributed by atoms with E-state index < -0.39 is 10.0 Å². The number of nitrogens with zero attached hydrogens (tertiary/aromatic N) is 2. The van der Waals surface area contributed by atoms with Crippen LogP contribution < -0.4 is 0 Å². The number of thioether (sulfide) groups is 1. The van der Waals surface area contributed by atoms with Crippen LogP contribution in [-0.4, -0.2) is 56.0 Å². The highest BCUT2D eigenvalue weighted by atomic mass is 32.2. The van der Waals surface area contributed by atoms with E-state index in [2.05, 4.69) is 0 Å². The van der Waals surface area contributed by atoms with Crippen molar-refractivity contribution in [2.45, 2.75) is 16.7 Å². The van der Waals surface area contributed by atoms with Crippen molar-refractivity contribution < 1.29 is 13.2 Å². The molecule has 1 fully saturated rings. The van der Waals surface area contributed by atoms with Crippen LogP contribution in [-0.2, 0) is 14.8 Å². The van der Waals surface area contributed by atoms with Gasteiger partial charge < -0.3 is 4.90 Å². The Kier molecular flexibility index (Phi) is 4.72. The van der Waals surface area contributed by atoms with Crippen LogP contribution in [0.1, 0.15) is 6.92 Å².